The van der Waals surface area contributed by atoms with Crippen molar-refractivity contribution in [3.63, 3.8) is 0 Å². The lowest BCUT2D eigenvalue weighted by Crippen LogP contribution is -2.37. The second-order valence-electron chi connectivity index (χ2n) is 5.24. The van der Waals surface area contributed by atoms with Gasteiger partial charge in [-0.15, -0.1) is 0 Å². The van der Waals surface area contributed by atoms with Crippen LogP contribution in [0.2, 0.25) is 0 Å². The van der Waals surface area contributed by atoms with E-state index in [1.165, 1.54) is 6.07 Å². The largest absolute Gasteiger partial charge is 0.325 e. The maximum atomic E-state index is 12.2. The summed E-state index contributed by atoms with van der Waals surface area (Å²) in [5.41, 5.74) is 2.00. The Morgan fingerprint density at radius 1 is 1.40 bits per heavy atom. The number of aryl methyl sites for hydroxylation is 2. The zero-order valence-electron chi connectivity index (χ0n) is 11.7. The van der Waals surface area contributed by atoms with Gasteiger partial charge in [-0.1, -0.05) is 0 Å². The highest BCUT2D eigenvalue weighted by Crippen LogP contribution is 2.27. The van der Waals surface area contributed by atoms with E-state index in [4.69, 9.17) is 0 Å². The van der Waals surface area contributed by atoms with E-state index in [1.54, 1.807) is 13.0 Å². The Labute approximate surface area is 117 Å². The summed E-state index contributed by atoms with van der Waals surface area (Å²) in [7, 11) is 0. The third-order valence-corrected chi connectivity index (χ3v) is 3.67. The van der Waals surface area contributed by atoms with Gasteiger partial charge in [-0.3, -0.25) is 14.9 Å². The first kappa shape index (κ1) is 14.5. The molecule has 6 nitrogen and oxygen atoms in total. The Morgan fingerprint density at radius 2 is 2.15 bits per heavy atom. The van der Waals surface area contributed by atoms with E-state index in [1.807, 2.05) is 6.92 Å². The molecule has 1 heterocycles. The number of benzene rings is 1. The average molecular weight is 277 g/mol. The van der Waals surface area contributed by atoms with Crippen molar-refractivity contribution >= 4 is 17.3 Å². The van der Waals surface area contributed by atoms with Gasteiger partial charge in [0.15, 0.2) is 0 Å². The minimum Gasteiger partial charge on any atom is -0.325 e. The number of rotatable bonds is 3. The third kappa shape index (κ3) is 3.14. The topological polar surface area (TPSA) is 84.3 Å². The predicted molar refractivity (Wildman–Crippen MR) is 76.8 cm³/mol. The van der Waals surface area contributed by atoms with E-state index in [-0.39, 0.29) is 17.5 Å². The Balaban J connectivity index is 2.18. The highest BCUT2D eigenvalue weighted by molar-refractivity contribution is 5.94. The Bertz CT molecular complexity index is 537. The third-order valence-electron chi connectivity index (χ3n) is 3.67. The Hall–Kier alpha value is -1.95. The molecule has 0 bridgehead atoms. The summed E-state index contributed by atoms with van der Waals surface area (Å²) in [5, 5.41) is 17.0. The second-order valence-corrected chi connectivity index (χ2v) is 5.24. The van der Waals surface area contributed by atoms with Crippen molar-refractivity contribution < 1.29 is 9.72 Å². The van der Waals surface area contributed by atoms with Crippen molar-refractivity contribution in [2.45, 2.75) is 26.7 Å². The molecule has 1 amide bonds. The van der Waals surface area contributed by atoms with Gasteiger partial charge in [0, 0.05) is 18.2 Å². The summed E-state index contributed by atoms with van der Waals surface area (Å²) in [5.74, 6) is -0.137. The summed E-state index contributed by atoms with van der Waals surface area (Å²) in [6.07, 6.45) is 1.83. The van der Waals surface area contributed by atoms with Gasteiger partial charge in [0.25, 0.3) is 5.69 Å². The molecular formula is C14H19N3O3. The zero-order valence-corrected chi connectivity index (χ0v) is 11.7. The molecule has 0 radical (unpaired) electrons. The van der Waals surface area contributed by atoms with Crippen molar-refractivity contribution in [2.24, 2.45) is 5.92 Å². The van der Waals surface area contributed by atoms with E-state index >= 15 is 0 Å². The van der Waals surface area contributed by atoms with E-state index < -0.39 is 4.92 Å². The molecule has 1 atom stereocenters. The first-order chi connectivity index (χ1) is 9.49. The van der Waals surface area contributed by atoms with Gasteiger partial charge in [0.2, 0.25) is 5.91 Å². The van der Waals surface area contributed by atoms with Gasteiger partial charge in [-0.05, 0) is 44.9 Å². The first-order valence-corrected chi connectivity index (χ1v) is 6.76. The fourth-order valence-electron chi connectivity index (χ4n) is 2.48. The van der Waals surface area contributed by atoms with Crippen LogP contribution in [-0.2, 0) is 4.79 Å². The minimum absolute atomic E-state index is 0.0349. The lowest BCUT2D eigenvalue weighted by molar-refractivity contribution is -0.385. The number of hydrogen-bond donors (Lipinski definition) is 2. The first-order valence-electron chi connectivity index (χ1n) is 6.76. The molecule has 1 aromatic carbocycles. The second kappa shape index (κ2) is 6.00. The summed E-state index contributed by atoms with van der Waals surface area (Å²) in [6.45, 7) is 5.14. The van der Waals surface area contributed by atoms with Gasteiger partial charge in [-0.25, -0.2) is 0 Å². The number of carbonyl (C=O) groups is 1. The number of piperidine rings is 1. The van der Waals surface area contributed by atoms with Crippen LogP contribution in [0.1, 0.15) is 24.0 Å². The molecule has 1 aliphatic heterocycles. The minimum atomic E-state index is -0.424. The number of nitrogens with one attached hydrogen (secondary N) is 2. The smallest absolute Gasteiger partial charge is 0.274 e. The number of amides is 1. The molecule has 20 heavy (non-hydrogen) atoms. The molecular weight excluding hydrogens is 258 g/mol. The van der Waals surface area contributed by atoms with Crippen LogP contribution in [0, 0.1) is 29.9 Å². The van der Waals surface area contributed by atoms with Crippen molar-refractivity contribution in [1.29, 1.82) is 0 Å². The Kier molecular flexibility index (Phi) is 4.34. The van der Waals surface area contributed by atoms with Gasteiger partial charge < -0.3 is 10.6 Å². The van der Waals surface area contributed by atoms with Gasteiger partial charge in [-0.2, -0.15) is 0 Å². The van der Waals surface area contributed by atoms with E-state index in [0.717, 1.165) is 24.9 Å². The quantitative estimate of drug-likeness (QED) is 0.655. The van der Waals surface area contributed by atoms with Crippen LogP contribution in [0.4, 0.5) is 11.4 Å². The fraction of sp³-hybridized carbons (Fsp3) is 0.500. The van der Waals surface area contributed by atoms with Crippen LogP contribution in [0.25, 0.3) is 0 Å². The lowest BCUT2D eigenvalue weighted by atomic mass is 9.98. The molecule has 1 aromatic rings. The molecule has 0 unspecified atom stereocenters. The van der Waals surface area contributed by atoms with Crippen molar-refractivity contribution in [3.05, 3.63) is 33.4 Å². The molecule has 1 aliphatic rings. The fourth-order valence-corrected chi connectivity index (χ4v) is 2.48. The maximum Gasteiger partial charge on any atom is 0.274 e. The van der Waals surface area contributed by atoms with Crippen molar-refractivity contribution in [1.82, 2.24) is 5.32 Å². The molecule has 0 saturated carbocycles. The normalized spacial score (nSPS) is 18.6. The van der Waals surface area contributed by atoms with Crippen LogP contribution in [0.15, 0.2) is 12.1 Å². The summed E-state index contributed by atoms with van der Waals surface area (Å²) in [6, 6.07) is 3.17. The maximum absolute atomic E-state index is 12.2. The number of hydrogen-bond acceptors (Lipinski definition) is 4. The highest BCUT2D eigenvalue weighted by Gasteiger charge is 2.22. The van der Waals surface area contributed by atoms with Crippen LogP contribution in [0.3, 0.4) is 0 Å². The van der Waals surface area contributed by atoms with Crippen LogP contribution < -0.4 is 10.6 Å². The number of nitrogens with zero attached hydrogens (tertiary/aromatic N) is 1. The summed E-state index contributed by atoms with van der Waals surface area (Å²) >= 11 is 0. The van der Waals surface area contributed by atoms with Gasteiger partial charge in [0.05, 0.1) is 16.5 Å². The number of carbonyl (C=O) groups excluding carboxylic acids is 1. The van der Waals surface area contributed by atoms with Crippen LogP contribution in [-0.4, -0.2) is 23.9 Å². The van der Waals surface area contributed by atoms with E-state index in [0.29, 0.717) is 17.8 Å². The molecule has 2 N–H and O–H groups in total. The van der Waals surface area contributed by atoms with Gasteiger partial charge in [0.1, 0.15) is 0 Å². The number of anilines is 1. The van der Waals surface area contributed by atoms with Crippen molar-refractivity contribution in [2.75, 3.05) is 18.4 Å². The molecule has 108 valence electrons. The molecule has 0 aromatic heterocycles. The number of nitro benzene ring substituents is 1. The Morgan fingerprint density at radius 3 is 2.75 bits per heavy atom. The zero-order chi connectivity index (χ0) is 14.7. The predicted octanol–water partition coefficient (Wildman–Crippen LogP) is 2.15. The standard InChI is InChI=1S/C14H19N3O3/c1-9-6-10(2)13(17(19)20)7-12(9)16-14(18)11-4-3-5-15-8-11/h6-7,11,15H,3-5,8H2,1-2H3,(H,16,18)/t11-/m0/s1. The van der Waals surface area contributed by atoms with Crippen molar-refractivity contribution in [3.8, 4) is 0 Å². The highest BCUT2D eigenvalue weighted by atomic mass is 16.6. The lowest BCUT2D eigenvalue weighted by Gasteiger charge is -2.22. The molecule has 1 fully saturated rings. The molecule has 6 heteroatoms. The average Bonchev–Trinajstić information content (AvgIpc) is 2.42. The molecule has 0 spiro atoms. The summed E-state index contributed by atoms with van der Waals surface area (Å²) in [4.78, 5) is 22.7. The molecule has 0 aliphatic carbocycles. The van der Waals surface area contributed by atoms with Crippen LogP contribution in [0.5, 0.6) is 0 Å². The SMILES string of the molecule is Cc1cc(C)c([N+](=O)[O-])cc1NC(=O)[C@H]1CCCNC1. The van der Waals surface area contributed by atoms with E-state index in [9.17, 15) is 14.9 Å². The van der Waals surface area contributed by atoms with Crippen LogP contribution >= 0.6 is 0 Å². The summed E-state index contributed by atoms with van der Waals surface area (Å²) < 4.78 is 0. The molecule has 1 saturated heterocycles. The van der Waals surface area contributed by atoms with E-state index in [2.05, 4.69) is 10.6 Å². The monoisotopic (exact) mass is 277 g/mol. The van der Waals surface area contributed by atoms with Gasteiger partial charge >= 0.3 is 0 Å². The molecule has 2 rings (SSSR count). The number of nitro groups is 1.